The van der Waals surface area contributed by atoms with Crippen molar-refractivity contribution in [2.24, 2.45) is 5.14 Å². The Morgan fingerprint density at radius 1 is 1.00 bits per heavy atom. The summed E-state index contributed by atoms with van der Waals surface area (Å²) in [6.45, 7) is 1.89. The van der Waals surface area contributed by atoms with Crippen molar-refractivity contribution in [1.82, 2.24) is 4.98 Å². The second-order valence-corrected chi connectivity index (χ2v) is 8.89. The molecule has 4 aromatic rings. The van der Waals surface area contributed by atoms with Crippen molar-refractivity contribution in [2.45, 2.75) is 18.2 Å². The number of oxazole rings is 1. The number of nitrogens with zero attached hydrogens (tertiary/aromatic N) is 1. The van der Waals surface area contributed by atoms with E-state index < -0.39 is 10.0 Å². The van der Waals surface area contributed by atoms with Gasteiger partial charge in [-0.05, 0) is 42.3 Å². The van der Waals surface area contributed by atoms with E-state index >= 15 is 0 Å². The summed E-state index contributed by atoms with van der Waals surface area (Å²) in [5.41, 5.74) is 3.48. The van der Waals surface area contributed by atoms with Crippen molar-refractivity contribution < 1.29 is 12.8 Å². The van der Waals surface area contributed by atoms with E-state index in [0.29, 0.717) is 34.4 Å². The second kappa shape index (κ2) is 8.07. The molecule has 4 rings (SSSR count). The minimum Gasteiger partial charge on any atom is -0.440 e. The fraction of sp³-hybridized carbons (Fsp3) is 0.0870. The molecule has 0 aliphatic carbocycles. The molecule has 0 atom stereocenters. The summed E-state index contributed by atoms with van der Waals surface area (Å²) in [6.07, 6.45) is 0.470. The number of aryl methyl sites for hydroxylation is 1. The Morgan fingerprint density at radius 2 is 1.70 bits per heavy atom. The number of nitrogens with two attached hydrogens (primary N) is 1. The van der Waals surface area contributed by atoms with Gasteiger partial charge in [-0.1, -0.05) is 60.1 Å². The van der Waals surface area contributed by atoms with Gasteiger partial charge in [-0.15, -0.1) is 0 Å². The zero-order valence-electron chi connectivity index (χ0n) is 16.2. The molecule has 0 bridgehead atoms. The highest BCUT2D eigenvalue weighted by molar-refractivity contribution is 7.89. The third-order valence-electron chi connectivity index (χ3n) is 4.74. The summed E-state index contributed by atoms with van der Waals surface area (Å²) in [4.78, 5) is 4.66. The van der Waals surface area contributed by atoms with Gasteiger partial charge in [0.2, 0.25) is 10.0 Å². The van der Waals surface area contributed by atoms with Gasteiger partial charge in [-0.3, -0.25) is 0 Å². The molecule has 0 fully saturated rings. The van der Waals surface area contributed by atoms with E-state index in [-0.39, 0.29) is 4.90 Å². The van der Waals surface area contributed by atoms with Gasteiger partial charge < -0.3 is 4.42 Å². The summed E-state index contributed by atoms with van der Waals surface area (Å²) in [5.74, 6) is 0.944. The lowest BCUT2D eigenvalue weighted by Crippen LogP contribution is -2.13. The Kier molecular flexibility index (Phi) is 5.47. The lowest BCUT2D eigenvalue weighted by molar-refractivity contribution is 0.519. The summed E-state index contributed by atoms with van der Waals surface area (Å²) in [5, 5.41) is 6.09. The minimum atomic E-state index is -3.95. The molecule has 0 radical (unpaired) electrons. The number of rotatable bonds is 5. The van der Waals surface area contributed by atoms with Gasteiger partial charge in [-0.25, -0.2) is 18.5 Å². The molecule has 5 nitrogen and oxygen atoms in total. The van der Waals surface area contributed by atoms with Crippen LogP contribution in [0.25, 0.3) is 22.6 Å². The second-order valence-electron chi connectivity index (χ2n) is 6.95. The van der Waals surface area contributed by atoms with Crippen LogP contribution in [-0.2, 0) is 16.4 Å². The Hall–Kier alpha value is -2.93. The van der Waals surface area contributed by atoms with Crippen molar-refractivity contribution in [3.05, 3.63) is 94.8 Å². The van der Waals surface area contributed by atoms with Gasteiger partial charge in [-0.2, -0.15) is 0 Å². The van der Waals surface area contributed by atoms with Crippen molar-refractivity contribution in [3.8, 4) is 22.6 Å². The maximum absolute atomic E-state index is 12.2. The molecular weight excluding hydrogens is 420 g/mol. The quantitative estimate of drug-likeness (QED) is 0.463. The van der Waals surface area contributed by atoms with Crippen LogP contribution in [0.4, 0.5) is 0 Å². The van der Waals surface area contributed by atoms with Gasteiger partial charge in [0.1, 0.15) is 5.69 Å². The van der Waals surface area contributed by atoms with E-state index in [1.54, 1.807) is 24.3 Å². The molecule has 0 unspecified atom stereocenters. The standard InChI is InChI=1S/C23H19ClN2O3S/c1-15-13-17(11-12-19(15)24)23-22(18-9-5-6-10-20(18)30(25,27)28)26-21(29-23)14-16-7-3-2-4-8-16/h2-13H,14H2,1H3,(H2,25,27,28). The first kappa shape index (κ1) is 20.3. The Morgan fingerprint density at radius 3 is 2.40 bits per heavy atom. The lowest BCUT2D eigenvalue weighted by Gasteiger charge is -2.07. The van der Waals surface area contributed by atoms with Crippen LogP contribution in [0.3, 0.4) is 0 Å². The van der Waals surface area contributed by atoms with Crippen LogP contribution in [0.1, 0.15) is 17.0 Å². The van der Waals surface area contributed by atoms with Gasteiger partial charge in [0.25, 0.3) is 0 Å². The highest BCUT2D eigenvalue weighted by Gasteiger charge is 2.23. The Bertz CT molecular complexity index is 1320. The topological polar surface area (TPSA) is 86.2 Å². The fourth-order valence-electron chi connectivity index (χ4n) is 3.29. The summed E-state index contributed by atoms with van der Waals surface area (Å²) < 4.78 is 30.5. The van der Waals surface area contributed by atoms with Gasteiger partial charge >= 0.3 is 0 Å². The minimum absolute atomic E-state index is 0.00324. The molecule has 0 amide bonds. The highest BCUT2D eigenvalue weighted by Crippen LogP contribution is 2.37. The molecule has 1 aromatic heterocycles. The number of hydrogen-bond donors (Lipinski definition) is 1. The smallest absolute Gasteiger partial charge is 0.238 e. The summed E-state index contributed by atoms with van der Waals surface area (Å²) in [6, 6.07) is 21.8. The van der Waals surface area contributed by atoms with Gasteiger partial charge in [0.05, 0.1) is 4.90 Å². The molecule has 152 valence electrons. The number of benzene rings is 3. The van der Waals surface area contributed by atoms with E-state index in [2.05, 4.69) is 4.98 Å². The van der Waals surface area contributed by atoms with Crippen LogP contribution < -0.4 is 5.14 Å². The Labute approximate surface area is 180 Å². The normalized spacial score (nSPS) is 11.6. The molecule has 0 aliphatic rings. The predicted octanol–water partition coefficient (Wildman–Crippen LogP) is 5.21. The molecule has 1 heterocycles. The number of aromatic nitrogens is 1. The molecule has 3 aromatic carbocycles. The molecule has 7 heteroatoms. The van der Waals surface area contributed by atoms with Crippen LogP contribution >= 0.6 is 11.6 Å². The number of hydrogen-bond acceptors (Lipinski definition) is 4. The molecule has 2 N–H and O–H groups in total. The van der Waals surface area contributed by atoms with E-state index in [1.165, 1.54) is 6.07 Å². The average Bonchev–Trinajstić information content (AvgIpc) is 3.14. The van der Waals surface area contributed by atoms with E-state index in [4.69, 9.17) is 21.2 Å². The maximum Gasteiger partial charge on any atom is 0.238 e. The molecule has 0 aliphatic heterocycles. The third-order valence-corrected chi connectivity index (χ3v) is 6.13. The van der Waals surface area contributed by atoms with Crippen LogP contribution in [0, 0.1) is 6.92 Å². The summed E-state index contributed by atoms with van der Waals surface area (Å²) >= 11 is 6.18. The predicted molar refractivity (Wildman–Crippen MR) is 118 cm³/mol. The molecular formula is C23H19ClN2O3S. The monoisotopic (exact) mass is 438 g/mol. The zero-order chi connectivity index (χ0) is 21.3. The third kappa shape index (κ3) is 4.16. The Balaban J connectivity index is 1.92. The van der Waals surface area contributed by atoms with Crippen molar-refractivity contribution in [1.29, 1.82) is 0 Å². The summed E-state index contributed by atoms with van der Waals surface area (Å²) in [7, 11) is -3.95. The van der Waals surface area contributed by atoms with E-state index in [1.807, 2.05) is 49.4 Å². The van der Waals surface area contributed by atoms with Gasteiger partial charge in [0.15, 0.2) is 11.7 Å². The SMILES string of the molecule is Cc1cc(-c2oc(Cc3ccccc3)nc2-c2ccccc2S(N)(=O)=O)ccc1Cl. The van der Waals surface area contributed by atoms with Gasteiger partial charge in [0, 0.05) is 22.6 Å². The van der Waals surface area contributed by atoms with Crippen LogP contribution in [0.2, 0.25) is 5.02 Å². The first-order chi connectivity index (χ1) is 14.3. The zero-order valence-corrected chi connectivity index (χ0v) is 17.7. The fourth-order valence-corrected chi connectivity index (χ4v) is 4.14. The lowest BCUT2D eigenvalue weighted by atomic mass is 10.0. The highest BCUT2D eigenvalue weighted by atomic mass is 35.5. The van der Waals surface area contributed by atoms with E-state index in [9.17, 15) is 8.42 Å². The number of sulfonamides is 1. The van der Waals surface area contributed by atoms with Crippen LogP contribution in [0.5, 0.6) is 0 Å². The number of primary sulfonamides is 1. The van der Waals surface area contributed by atoms with E-state index in [0.717, 1.165) is 16.7 Å². The average molecular weight is 439 g/mol. The van der Waals surface area contributed by atoms with Crippen LogP contribution in [0.15, 0.2) is 82.1 Å². The maximum atomic E-state index is 12.2. The molecule has 30 heavy (non-hydrogen) atoms. The number of halogens is 1. The molecule has 0 saturated heterocycles. The largest absolute Gasteiger partial charge is 0.440 e. The first-order valence-corrected chi connectivity index (χ1v) is 11.2. The van der Waals surface area contributed by atoms with Crippen molar-refractivity contribution in [3.63, 3.8) is 0 Å². The molecule has 0 saturated carbocycles. The van der Waals surface area contributed by atoms with Crippen molar-refractivity contribution in [2.75, 3.05) is 0 Å². The molecule has 0 spiro atoms. The first-order valence-electron chi connectivity index (χ1n) is 9.25. The van der Waals surface area contributed by atoms with Crippen LogP contribution in [-0.4, -0.2) is 13.4 Å². The van der Waals surface area contributed by atoms with Crippen molar-refractivity contribution >= 4 is 21.6 Å².